The van der Waals surface area contributed by atoms with Gasteiger partial charge in [-0.05, 0) is 18.6 Å². The number of thiazole rings is 1. The number of carbonyl (C=O) groups excluding carboxylic acids is 2. The Labute approximate surface area is 137 Å². The third-order valence-electron chi connectivity index (χ3n) is 3.33. The van der Waals surface area contributed by atoms with Gasteiger partial charge in [-0.25, -0.2) is 4.98 Å². The Balaban J connectivity index is 2.22. The number of carbonyl (C=O) groups is 2. The second-order valence-electron chi connectivity index (χ2n) is 5.07. The van der Waals surface area contributed by atoms with Gasteiger partial charge in [0.2, 0.25) is 11.8 Å². The predicted octanol–water partition coefficient (Wildman–Crippen LogP) is 2.53. The van der Waals surface area contributed by atoms with Crippen LogP contribution in [0.5, 0.6) is 0 Å². The predicted molar refractivity (Wildman–Crippen MR) is 90.7 cm³/mol. The van der Waals surface area contributed by atoms with Crippen molar-refractivity contribution in [3.05, 3.63) is 24.3 Å². The van der Waals surface area contributed by atoms with Crippen molar-refractivity contribution in [2.24, 2.45) is 17.4 Å². The number of thioether (sulfide) groups is 1. The molecule has 0 aliphatic heterocycles. The van der Waals surface area contributed by atoms with E-state index in [1.807, 2.05) is 31.2 Å². The van der Waals surface area contributed by atoms with Crippen LogP contribution < -0.4 is 11.5 Å². The second-order valence-corrected chi connectivity index (χ2v) is 7.59. The van der Waals surface area contributed by atoms with Gasteiger partial charge in [-0.15, -0.1) is 11.3 Å². The highest BCUT2D eigenvalue weighted by Gasteiger charge is 2.29. The van der Waals surface area contributed by atoms with Gasteiger partial charge in [0.25, 0.3) is 0 Å². The molecular weight excluding hydrogens is 318 g/mol. The Morgan fingerprint density at radius 3 is 2.64 bits per heavy atom. The fraction of sp³-hybridized carbons (Fsp3) is 0.400. The fourth-order valence-electron chi connectivity index (χ4n) is 2.29. The highest BCUT2D eigenvalue weighted by Crippen LogP contribution is 2.37. The minimum Gasteiger partial charge on any atom is -0.370 e. The van der Waals surface area contributed by atoms with E-state index in [0.717, 1.165) is 27.4 Å². The average Bonchev–Trinajstić information content (AvgIpc) is 2.86. The molecule has 0 bridgehead atoms. The first-order valence-corrected chi connectivity index (χ1v) is 8.80. The standard InChI is InChI=1S/C15H19N3O2S2/c1-2-5-11(9(14(17)20)8-13(16)19)21-15-18-10-6-3-4-7-12(10)22-15/h3-4,6-7,9,11H,2,5,8H2,1H3,(H2,16,19)(H2,17,20). The van der Waals surface area contributed by atoms with Crippen molar-refractivity contribution >= 4 is 45.1 Å². The lowest BCUT2D eigenvalue weighted by molar-refractivity contribution is -0.127. The molecule has 0 fully saturated rings. The Morgan fingerprint density at radius 1 is 1.32 bits per heavy atom. The Kier molecular flexibility index (Phi) is 5.79. The molecule has 0 aliphatic rings. The number of aromatic nitrogens is 1. The summed E-state index contributed by atoms with van der Waals surface area (Å²) in [5, 5.41) is -0.0874. The number of primary amides is 2. The molecule has 2 atom stereocenters. The zero-order chi connectivity index (χ0) is 16.1. The van der Waals surface area contributed by atoms with Crippen molar-refractivity contribution in [3.8, 4) is 0 Å². The van der Waals surface area contributed by atoms with Gasteiger partial charge in [0.15, 0.2) is 4.34 Å². The van der Waals surface area contributed by atoms with Crippen LogP contribution in [-0.2, 0) is 9.59 Å². The van der Waals surface area contributed by atoms with Crippen molar-refractivity contribution < 1.29 is 9.59 Å². The number of hydrogen-bond donors (Lipinski definition) is 2. The zero-order valence-corrected chi connectivity index (χ0v) is 14.0. The highest BCUT2D eigenvalue weighted by molar-refractivity contribution is 8.01. The van der Waals surface area contributed by atoms with Crippen LogP contribution in [0.2, 0.25) is 0 Å². The first-order valence-electron chi connectivity index (χ1n) is 7.11. The van der Waals surface area contributed by atoms with E-state index in [2.05, 4.69) is 4.98 Å². The fourth-order valence-corrected chi connectivity index (χ4v) is 4.98. The summed E-state index contributed by atoms with van der Waals surface area (Å²) in [7, 11) is 0. The van der Waals surface area contributed by atoms with Gasteiger partial charge in [-0.2, -0.15) is 0 Å². The van der Waals surface area contributed by atoms with Crippen LogP contribution in [0.25, 0.3) is 10.2 Å². The lowest BCUT2D eigenvalue weighted by atomic mass is 9.97. The lowest BCUT2D eigenvalue weighted by Crippen LogP contribution is -2.35. The molecule has 1 aromatic heterocycles. The molecule has 0 spiro atoms. The maximum absolute atomic E-state index is 11.7. The second kappa shape index (κ2) is 7.60. The van der Waals surface area contributed by atoms with Gasteiger partial charge >= 0.3 is 0 Å². The number of fused-ring (bicyclic) bond motifs is 1. The van der Waals surface area contributed by atoms with E-state index in [1.165, 1.54) is 11.8 Å². The van der Waals surface area contributed by atoms with E-state index < -0.39 is 17.7 Å². The number of rotatable bonds is 8. The Bertz CT molecular complexity index is 639. The SMILES string of the molecule is CCCC(Sc1nc2ccccc2s1)C(CC(N)=O)C(N)=O. The Hall–Kier alpha value is -1.60. The smallest absolute Gasteiger partial charge is 0.222 e. The van der Waals surface area contributed by atoms with Crippen molar-refractivity contribution in [2.45, 2.75) is 35.8 Å². The van der Waals surface area contributed by atoms with Crippen molar-refractivity contribution in [3.63, 3.8) is 0 Å². The molecule has 2 amide bonds. The highest BCUT2D eigenvalue weighted by atomic mass is 32.2. The minimum atomic E-state index is -0.561. The van der Waals surface area contributed by atoms with Gasteiger partial charge in [0, 0.05) is 11.7 Å². The molecule has 1 aromatic carbocycles. The van der Waals surface area contributed by atoms with E-state index in [9.17, 15) is 9.59 Å². The van der Waals surface area contributed by atoms with E-state index in [4.69, 9.17) is 11.5 Å². The molecule has 1 heterocycles. The van der Waals surface area contributed by atoms with Crippen LogP contribution in [-0.4, -0.2) is 22.0 Å². The largest absolute Gasteiger partial charge is 0.370 e. The van der Waals surface area contributed by atoms with Crippen LogP contribution >= 0.6 is 23.1 Å². The van der Waals surface area contributed by atoms with Gasteiger partial charge < -0.3 is 11.5 Å². The molecular formula is C15H19N3O2S2. The van der Waals surface area contributed by atoms with Crippen molar-refractivity contribution in [1.82, 2.24) is 4.98 Å². The molecule has 7 heteroatoms. The number of nitrogens with zero attached hydrogens (tertiary/aromatic N) is 1. The first-order chi connectivity index (χ1) is 10.5. The molecule has 5 nitrogen and oxygen atoms in total. The molecule has 2 aromatic rings. The third-order valence-corrected chi connectivity index (χ3v) is 5.86. The van der Waals surface area contributed by atoms with Crippen LogP contribution in [0, 0.1) is 5.92 Å². The molecule has 22 heavy (non-hydrogen) atoms. The molecule has 118 valence electrons. The summed E-state index contributed by atoms with van der Waals surface area (Å²) in [6, 6.07) is 7.89. The van der Waals surface area contributed by atoms with E-state index in [0.29, 0.717) is 0 Å². The minimum absolute atomic E-state index is 0.0160. The number of nitrogens with two attached hydrogens (primary N) is 2. The number of hydrogen-bond acceptors (Lipinski definition) is 5. The Morgan fingerprint density at radius 2 is 2.05 bits per heavy atom. The summed E-state index contributed by atoms with van der Waals surface area (Å²) >= 11 is 3.10. The summed E-state index contributed by atoms with van der Waals surface area (Å²) < 4.78 is 1.99. The van der Waals surface area contributed by atoms with Crippen molar-refractivity contribution in [2.75, 3.05) is 0 Å². The van der Waals surface area contributed by atoms with Gasteiger partial charge in [0.05, 0.1) is 16.1 Å². The molecule has 0 radical (unpaired) electrons. The number of para-hydroxylation sites is 1. The van der Waals surface area contributed by atoms with Crippen LogP contribution in [0.4, 0.5) is 0 Å². The summed E-state index contributed by atoms with van der Waals surface area (Å²) in [4.78, 5) is 27.5. The molecule has 0 saturated carbocycles. The number of amides is 2. The van der Waals surface area contributed by atoms with E-state index >= 15 is 0 Å². The van der Waals surface area contributed by atoms with Crippen LogP contribution in [0.15, 0.2) is 28.6 Å². The molecule has 4 N–H and O–H groups in total. The average molecular weight is 337 g/mol. The monoisotopic (exact) mass is 337 g/mol. The van der Waals surface area contributed by atoms with Crippen molar-refractivity contribution in [1.29, 1.82) is 0 Å². The zero-order valence-electron chi connectivity index (χ0n) is 12.3. The quantitative estimate of drug-likeness (QED) is 0.723. The lowest BCUT2D eigenvalue weighted by Gasteiger charge is -2.21. The number of benzene rings is 1. The topological polar surface area (TPSA) is 99.1 Å². The maximum Gasteiger partial charge on any atom is 0.222 e. The third kappa shape index (κ3) is 4.20. The van der Waals surface area contributed by atoms with E-state index in [-0.39, 0.29) is 11.7 Å². The molecule has 2 unspecified atom stereocenters. The normalized spacial score (nSPS) is 13.9. The van der Waals surface area contributed by atoms with Crippen LogP contribution in [0.3, 0.4) is 0 Å². The van der Waals surface area contributed by atoms with E-state index in [1.54, 1.807) is 11.3 Å². The van der Waals surface area contributed by atoms with Gasteiger partial charge in [0.1, 0.15) is 0 Å². The summed E-state index contributed by atoms with van der Waals surface area (Å²) in [5.41, 5.74) is 11.7. The summed E-state index contributed by atoms with van der Waals surface area (Å²) in [5.74, 6) is -1.55. The molecule has 0 saturated heterocycles. The summed E-state index contributed by atoms with van der Waals surface area (Å²) in [6.07, 6.45) is 1.66. The van der Waals surface area contributed by atoms with Gasteiger partial charge in [-0.3, -0.25) is 9.59 Å². The van der Waals surface area contributed by atoms with Gasteiger partial charge in [-0.1, -0.05) is 37.2 Å². The molecule has 2 rings (SSSR count). The first kappa shape index (κ1) is 16.8. The molecule has 0 aliphatic carbocycles. The van der Waals surface area contributed by atoms with Crippen LogP contribution in [0.1, 0.15) is 26.2 Å². The summed E-state index contributed by atoms with van der Waals surface area (Å²) in [6.45, 7) is 2.04. The maximum atomic E-state index is 11.7.